The Morgan fingerprint density at radius 1 is 1.14 bits per heavy atom. The zero-order chi connectivity index (χ0) is 16.3. The molecule has 0 bridgehead atoms. The van der Waals surface area contributed by atoms with Gasteiger partial charge in [-0.2, -0.15) is 0 Å². The molecular weight excluding hydrogens is 289 g/mol. The Morgan fingerprint density at radius 3 is 2.41 bits per heavy atom. The molecule has 2 rings (SSSR count). The number of hydrogen-bond acceptors (Lipinski definition) is 3. The number of benzene rings is 2. The van der Waals surface area contributed by atoms with Crippen molar-refractivity contribution in [2.75, 3.05) is 7.05 Å². The Balaban J connectivity index is 2.28. The number of likely N-dealkylation sites (N-methyl/N-ethyl adjacent to an activating group) is 1. The average molecular weight is 303 g/mol. The van der Waals surface area contributed by atoms with Crippen LogP contribution in [0.25, 0.3) is 10.8 Å². The third-order valence-electron chi connectivity index (χ3n) is 3.22. The van der Waals surface area contributed by atoms with E-state index in [-0.39, 0.29) is 12.4 Å². The van der Waals surface area contributed by atoms with Gasteiger partial charge in [-0.25, -0.2) is 9.18 Å². The van der Waals surface area contributed by atoms with Gasteiger partial charge in [-0.1, -0.05) is 30.3 Å². The van der Waals surface area contributed by atoms with Crippen LogP contribution in [-0.4, -0.2) is 34.0 Å². The van der Waals surface area contributed by atoms with Gasteiger partial charge in [0.05, 0.1) is 6.08 Å². The highest BCUT2D eigenvalue weighted by Gasteiger charge is 2.13. The monoisotopic (exact) mass is 303 g/mol. The maximum atomic E-state index is 13.7. The molecule has 114 valence electrons. The molecule has 0 aromatic heterocycles. The van der Waals surface area contributed by atoms with Crippen LogP contribution in [0.3, 0.4) is 0 Å². The van der Waals surface area contributed by atoms with E-state index >= 15 is 0 Å². The molecule has 22 heavy (non-hydrogen) atoms. The van der Waals surface area contributed by atoms with Gasteiger partial charge in [-0.05, 0) is 17.0 Å². The topological polar surface area (TPSA) is 77.8 Å². The van der Waals surface area contributed by atoms with Crippen LogP contribution in [0.4, 0.5) is 4.39 Å². The second-order valence-electron chi connectivity index (χ2n) is 4.78. The number of aliphatic hydroxyl groups excluding tert-OH is 1. The minimum absolute atomic E-state index is 0.156. The normalized spacial score (nSPS) is 11.5. The molecule has 6 heteroatoms. The van der Waals surface area contributed by atoms with E-state index < -0.39 is 17.6 Å². The quantitative estimate of drug-likeness (QED) is 0.672. The van der Waals surface area contributed by atoms with Crippen LogP contribution >= 0.6 is 0 Å². The molecule has 0 spiro atoms. The number of carboxylic acid groups (broad SMARTS) is 1. The SMILES string of the molecule is CN(Cc1ccc(F)c2ccccc12)C(=O)/C=C(\O)C(=O)O. The highest BCUT2D eigenvalue weighted by molar-refractivity contribution is 5.96. The number of carbonyl (C=O) groups excluding carboxylic acids is 1. The molecule has 0 aliphatic carbocycles. The molecular formula is C16H14FNO4. The van der Waals surface area contributed by atoms with Gasteiger partial charge in [0, 0.05) is 19.0 Å². The van der Waals surface area contributed by atoms with Gasteiger partial charge in [-0.3, -0.25) is 4.79 Å². The summed E-state index contributed by atoms with van der Waals surface area (Å²) in [5.74, 6) is -3.61. The summed E-state index contributed by atoms with van der Waals surface area (Å²) in [7, 11) is 1.46. The Morgan fingerprint density at radius 2 is 1.77 bits per heavy atom. The maximum absolute atomic E-state index is 13.7. The van der Waals surface area contributed by atoms with Crippen molar-refractivity contribution in [2.45, 2.75) is 6.54 Å². The predicted octanol–water partition coefficient (Wildman–Crippen LogP) is 2.46. The lowest BCUT2D eigenvalue weighted by molar-refractivity contribution is -0.136. The predicted molar refractivity (Wildman–Crippen MR) is 78.7 cm³/mol. The minimum Gasteiger partial charge on any atom is -0.502 e. The van der Waals surface area contributed by atoms with Crippen molar-refractivity contribution in [2.24, 2.45) is 0 Å². The zero-order valence-corrected chi connectivity index (χ0v) is 11.8. The zero-order valence-electron chi connectivity index (χ0n) is 11.8. The molecule has 0 heterocycles. The van der Waals surface area contributed by atoms with Crippen LogP contribution in [0.15, 0.2) is 48.2 Å². The number of carboxylic acids is 1. The fraction of sp³-hybridized carbons (Fsp3) is 0.125. The first-order valence-corrected chi connectivity index (χ1v) is 6.45. The van der Waals surface area contributed by atoms with E-state index in [2.05, 4.69) is 0 Å². The number of amides is 1. The lowest BCUT2D eigenvalue weighted by atomic mass is 10.0. The molecule has 0 fully saturated rings. The molecule has 0 saturated carbocycles. The van der Waals surface area contributed by atoms with Crippen molar-refractivity contribution in [3.05, 3.63) is 59.6 Å². The van der Waals surface area contributed by atoms with Gasteiger partial charge in [-0.15, -0.1) is 0 Å². The summed E-state index contributed by atoms with van der Waals surface area (Å²) in [5.41, 5.74) is 0.719. The van der Waals surface area contributed by atoms with Crippen LogP contribution in [0.1, 0.15) is 5.56 Å². The van der Waals surface area contributed by atoms with Crippen LogP contribution in [0.5, 0.6) is 0 Å². The number of rotatable bonds is 4. The Bertz CT molecular complexity index is 770. The largest absolute Gasteiger partial charge is 0.502 e. The molecule has 1 amide bonds. The molecule has 0 radical (unpaired) electrons. The second-order valence-corrected chi connectivity index (χ2v) is 4.78. The first-order chi connectivity index (χ1) is 10.4. The molecule has 2 N–H and O–H groups in total. The van der Waals surface area contributed by atoms with E-state index in [9.17, 15) is 14.0 Å². The fourth-order valence-electron chi connectivity index (χ4n) is 2.08. The van der Waals surface area contributed by atoms with Gasteiger partial charge in [0.2, 0.25) is 5.76 Å². The molecule has 0 saturated heterocycles. The molecule has 2 aromatic rings. The smallest absolute Gasteiger partial charge is 0.371 e. The Labute approximate surface area is 125 Å². The molecule has 0 atom stereocenters. The first-order valence-electron chi connectivity index (χ1n) is 6.45. The van der Waals surface area contributed by atoms with Crippen molar-refractivity contribution in [3.63, 3.8) is 0 Å². The van der Waals surface area contributed by atoms with Gasteiger partial charge in [0.25, 0.3) is 5.91 Å². The van der Waals surface area contributed by atoms with E-state index in [0.29, 0.717) is 16.8 Å². The van der Waals surface area contributed by atoms with Gasteiger partial charge >= 0.3 is 5.97 Å². The summed E-state index contributed by atoms with van der Waals surface area (Å²) < 4.78 is 13.7. The molecule has 2 aromatic carbocycles. The number of nitrogens with zero attached hydrogens (tertiary/aromatic N) is 1. The summed E-state index contributed by atoms with van der Waals surface area (Å²) in [5, 5.41) is 18.8. The Kier molecular flexibility index (Phi) is 4.41. The van der Waals surface area contributed by atoms with Crippen LogP contribution in [0.2, 0.25) is 0 Å². The lowest BCUT2D eigenvalue weighted by Gasteiger charge is -2.17. The number of aliphatic carboxylic acids is 1. The van der Waals surface area contributed by atoms with Crippen molar-refractivity contribution in [1.29, 1.82) is 0 Å². The molecule has 0 aliphatic rings. The van der Waals surface area contributed by atoms with Crippen molar-refractivity contribution >= 4 is 22.6 Å². The third kappa shape index (κ3) is 3.22. The van der Waals surface area contributed by atoms with Crippen molar-refractivity contribution < 1.29 is 24.2 Å². The average Bonchev–Trinajstić information content (AvgIpc) is 2.50. The number of aliphatic hydroxyl groups is 1. The Hall–Kier alpha value is -2.89. The van der Waals surface area contributed by atoms with Crippen LogP contribution < -0.4 is 0 Å². The van der Waals surface area contributed by atoms with E-state index in [1.54, 1.807) is 30.3 Å². The third-order valence-corrected chi connectivity index (χ3v) is 3.22. The maximum Gasteiger partial charge on any atom is 0.371 e. The first kappa shape index (κ1) is 15.5. The van der Waals surface area contributed by atoms with E-state index in [4.69, 9.17) is 10.2 Å². The lowest BCUT2D eigenvalue weighted by Crippen LogP contribution is -2.25. The summed E-state index contributed by atoms with van der Waals surface area (Å²) in [6.07, 6.45) is 0.633. The van der Waals surface area contributed by atoms with Gasteiger partial charge in [0.15, 0.2) is 0 Å². The van der Waals surface area contributed by atoms with Crippen molar-refractivity contribution in [1.82, 2.24) is 4.90 Å². The highest BCUT2D eigenvalue weighted by atomic mass is 19.1. The second kappa shape index (κ2) is 6.26. The van der Waals surface area contributed by atoms with Crippen LogP contribution in [0, 0.1) is 5.82 Å². The van der Waals surface area contributed by atoms with Gasteiger partial charge < -0.3 is 15.1 Å². The summed E-state index contributed by atoms with van der Waals surface area (Å²) in [6.45, 7) is 0.156. The number of carbonyl (C=O) groups is 2. The van der Waals surface area contributed by atoms with E-state index in [1.165, 1.54) is 18.0 Å². The van der Waals surface area contributed by atoms with E-state index in [0.717, 1.165) is 5.56 Å². The number of fused-ring (bicyclic) bond motifs is 1. The summed E-state index contributed by atoms with van der Waals surface area (Å²) in [4.78, 5) is 23.5. The summed E-state index contributed by atoms with van der Waals surface area (Å²) >= 11 is 0. The van der Waals surface area contributed by atoms with E-state index in [1.807, 2.05) is 0 Å². The van der Waals surface area contributed by atoms with Crippen molar-refractivity contribution in [3.8, 4) is 0 Å². The molecule has 5 nitrogen and oxygen atoms in total. The summed E-state index contributed by atoms with van der Waals surface area (Å²) in [6, 6.07) is 9.77. The standard InChI is InChI=1S/C16H14FNO4/c1-18(15(20)8-14(19)16(21)22)9-10-6-7-13(17)12-5-3-2-4-11(10)12/h2-8,19H,9H2,1H3,(H,21,22)/b14-8-. The van der Waals surface area contributed by atoms with Gasteiger partial charge in [0.1, 0.15) is 5.82 Å². The highest BCUT2D eigenvalue weighted by Crippen LogP contribution is 2.22. The minimum atomic E-state index is -1.58. The number of halogens is 1. The van der Waals surface area contributed by atoms with Crippen LogP contribution in [-0.2, 0) is 16.1 Å². The fourth-order valence-corrected chi connectivity index (χ4v) is 2.08. The molecule has 0 aliphatic heterocycles. The molecule has 0 unspecified atom stereocenters. The number of hydrogen-bond donors (Lipinski definition) is 2.